The Morgan fingerprint density at radius 2 is 2.12 bits per heavy atom. The Morgan fingerprint density at radius 3 is 2.84 bits per heavy atom. The molecule has 2 unspecified atom stereocenters. The van der Waals surface area contributed by atoms with Gasteiger partial charge in [0.2, 0.25) is 6.10 Å². The van der Waals surface area contributed by atoms with Crippen LogP contribution in [0.2, 0.25) is 0 Å². The zero-order chi connectivity index (χ0) is 17.5. The molecule has 130 valence electrons. The maximum Gasteiger partial charge on any atom is 0.264 e. The summed E-state index contributed by atoms with van der Waals surface area (Å²) in [6.45, 7) is 0.0907. The highest BCUT2D eigenvalue weighted by molar-refractivity contribution is 6.03. The fraction of sp³-hybridized carbons (Fsp3) is 0.316. The minimum absolute atomic E-state index is 0.0907. The molecule has 1 aliphatic heterocycles. The number of carbonyl (C=O) groups excluding carboxylic acids is 1. The summed E-state index contributed by atoms with van der Waals surface area (Å²) in [6, 6.07) is 13.3. The van der Waals surface area contributed by atoms with E-state index in [-0.39, 0.29) is 18.6 Å². The second kappa shape index (κ2) is 8.39. The van der Waals surface area contributed by atoms with Crippen molar-refractivity contribution in [1.29, 1.82) is 0 Å². The van der Waals surface area contributed by atoms with Crippen LogP contribution in [-0.4, -0.2) is 34.4 Å². The van der Waals surface area contributed by atoms with Gasteiger partial charge in [0.1, 0.15) is 0 Å². The summed E-state index contributed by atoms with van der Waals surface area (Å²) in [5.41, 5.74) is 2.59. The summed E-state index contributed by atoms with van der Waals surface area (Å²) in [5, 5.41) is 16.2. The van der Waals surface area contributed by atoms with E-state index in [0.717, 1.165) is 16.8 Å². The smallest absolute Gasteiger partial charge is 0.264 e. The molecule has 2 N–H and O–H groups in total. The zero-order valence-electron chi connectivity index (χ0n) is 13.8. The van der Waals surface area contributed by atoms with Crippen molar-refractivity contribution >= 4 is 11.6 Å². The van der Waals surface area contributed by atoms with Gasteiger partial charge in [0.25, 0.3) is 5.91 Å². The van der Waals surface area contributed by atoms with Gasteiger partial charge in [-0.15, -0.1) is 0 Å². The summed E-state index contributed by atoms with van der Waals surface area (Å²) in [5.74, 6) is -0.200. The Balaban J connectivity index is 1.62. The van der Waals surface area contributed by atoms with Crippen LogP contribution < -0.4 is 5.32 Å². The van der Waals surface area contributed by atoms with Crippen molar-refractivity contribution in [1.82, 2.24) is 10.3 Å². The highest BCUT2D eigenvalue weighted by Gasteiger charge is 2.30. The zero-order valence-corrected chi connectivity index (χ0v) is 13.8. The van der Waals surface area contributed by atoms with E-state index >= 15 is 0 Å². The molecule has 2 aromatic rings. The summed E-state index contributed by atoms with van der Waals surface area (Å²) >= 11 is 0. The van der Waals surface area contributed by atoms with Crippen LogP contribution in [-0.2, 0) is 9.63 Å². The number of benzene rings is 1. The number of rotatable bonds is 7. The molecule has 0 saturated heterocycles. The van der Waals surface area contributed by atoms with Crippen LogP contribution in [0, 0.1) is 0 Å². The summed E-state index contributed by atoms with van der Waals surface area (Å²) in [4.78, 5) is 22.0. The molecule has 0 radical (unpaired) electrons. The van der Waals surface area contributed by atoms with Crippen molar-refractivity contribution in [2.45, 2.75) is 31.4 Å². The highest BCUT2D eigenvalue weighted by Crippen LogP contribution is 2.21. The number of aromatic nitrogens is 1. The Morgan fingerprint density at radius 1 is 1.28 bits per heavy atom. The van der Waals surface area contributed by atoms with Crippen molar-refractivity contribution in [2.24, 2.45) is 5.16 Å². The van der Waals surface area contributed by atoms with Crippen LogP contribution in [0.15, 0.2) is 60.0 Å². The third kappa shape index (κ3) is 4.42. The standard InChI is InChI=1S/C19H21N3O3/c23-11-5-9-16(14-6-2-1-3-7-14)21-19(24)18-12-17(22-25-18)15-8-4-10-20-13-15/h1-4,6-8,10,13,16,18,23H,5,9,11-12H2,(H,21,24). The quantitative estimate of drug-likeness (QED) is 0.810. The number of hydrogen-bond donors (Lipinski definition) is 2. The lowest BCUT2D eigenvalue weighted by molar-refractivity contribution is -0.132. The highest BCUT2D eigenvalue weighted by atomic mass is 16.6. The number of aliphatic hydroxyl groups excluding tert-OH is 1. The van der Waals surface area contributed by atoms with E-state index in [0.29, 0.717) is 19.3 Å². The molecule has 2 heterocycles. The lowest BCUT2D eigenvalue weighted by Gasteiger charge is -2.20. The monoisotopic (exact) mass is 339 g/mol. The fourth-order valence-electron chi connectivity index (χ4n) is 2.79. The van der Waals surface area contributed by atoms with Gasteiger partial charge < -0.3 is 15.3 Å². The Hall–Kier alpha value is -2.73. The number of oxime groups is 1. The van der Waals surface area contributed by atoms with Crippen molar-refractivity contribution in [2.75, 3.05) is 6.61 Å². The van der Waals surface area contributed by atoms with Crippen LogP contribution in [0.25, 0.3) is 0 Å². The molecule has 6 nitrogen and oxygen atoms in total. The van der Waals surface area contributed by atoms with E-state index in [1.54, 1.807) is 12.4 Å². The largest absolute Gasteiger partial charge is 0.396 e. The first-order chi connectivity index (χ1) is 12.3. The van der Waals surface area contributed by atoms with Gasteiger partial charge >= 0.3 is 0 Å². The lowest BCUT2D eigenvalue weighted by Crippen LogP contribution is -2.37. The number of hydrogen-bond acceptors (Lipinski definition) is 5. The predicted molar refractivity (Wildman–Crippen MR) is 93.9 cm³/mol. The third-order valence-electron chi connectivity index (χ3n) is 4.13. The Bertz CT molecular complexity index is 719. The number of aliphatic hydroxyl groups is 1. The molecule has 1 aliphatic rings. The number of nitrogens with zero attached hydrogens (tertiary/aromatic N) is 2. The molecule has 0 aliphatic carbocycles. The van der Waals surface area contributed by atoms with Crippen molar-refractivity contribution in [3.63, 3.8) is 0 Å². The molecule has 1 amide bonds. The Labute approximate surface area is 146 Å². The first-order valence-electron chi connectivity index (χ1n) is 8.37. The van der Waals surface area contributed by atoms with Gasteiger partial charge in [0.05, 0.1) is 11.8 Å². The van der Waals surface area contributed by atoms with Gasteiger partial charge in [-0.25, -0.2) is 0 Å². The number of carbonyl (C=O) groups is 1. The number of pyridine rings is 1. The van der Waals surface area contributed by atoms with Crippen LogP contribution in [0.3, 0.4) is 0 Å². The summed E-state index contributed by atoms with van der Waals surface area (Å²) in [7, 11) is 0. The van der Waals surface area contributed by atoms with E-state index in [4.69, 9.17) is 9.94 Å². The van der Waals surface area contributed by atoms with Gasteiger partial charge in [0.15, 0.2) is 0 Å². The molecule has 2 atom stereocenters. The molecule has 0 fully saturated rings. The summed E-state index contributed by atoms with van der Waals surface area (Å²) < 4.78 is 0. The molecule has 0 bridgehead atoms. The normalized spacial score (nSPS) is 17.5. The number of amides is 1. The van der Waals surface area contributed by atoms with Gasteiger partial charge in [0, 0.05) is 31.0 Å². The van der Waals surface area contributed by atoms with Crippen molar-refractivity contribution in [3.8, 4) is 0 Å². The average molecular weight is 339 g/mol. The van der Waals surface area contributed by atoms with Crippen molar-refractivity contribution in [3.05, 3.63) is 66.0 Å². The van der Waals surface area contributed by atoms with Gasteiger partial charge in [-0.3, -0.25) is 9.78 Å². The van der Waals surface area contributed by atoms with E-state index in [1.807, 2.05) is 42.5 Å². The first-order valence-corrected chi connectivity index (χ1v) is 8.37. The van der Waals surface area contributed by atoms with E-state index in [2.05, 4.69) is 15.5 Å². The second-order valence-electron chi connectivity index (χ2n) is 5.92. The molecule has 1 aromatic carbocycles. The number of nitrogens with one attached hydrogen (secondary N) is 1. The average Bonchev–Trinajstić information content (AvgIpc) is 3.17. The Kier molecular flexibility index (Phi) is 5.74. The SMILES string of the molecule is O=C(NC(CCCO)c1ccccc1)C1CC(c2cccnc2)=NO1. The minimum Gasteiger partial charge on any atom is -0.396 e. The maximum absolute atomic E-state index is 12.6. The van der Waals surface area contributed by atoms with Crippen LogP contribution in [0.5, 0.6) is 0 Å². The summed E-state index contributed by atoms with van der Waals surface area (Å²) in [6.07, 6.45) is 4.44. The van der Waals surface area contributed by atoms with E-state index in [1.165, 1.54) is 0 Å². The molecular weight excluding hydrogens is 318 g/mol. The van der Waals surface area contributed by atoms with Gasteiger partial charge in [-0.2, -0.15) is 0 Å². The molecule has 25 heavy (non-hydrogen) atoms. The minimum atomic E-state index is -0.643. The van der Waals surface area contributed by atoms with Crippen LogP contribution in [0.1, 0.15) is 36.4 Å². The molecule has 0 spiro atoms. The fourth-order valence-corrected chi connectivity index (χ4v) is 2.79. The van der Waals surface area contributed by atoms with Gasteiger partial charge in [-0.1, -0.05) is 35.5 Å². The van der Waals surface area contributed by atoms with Crippen molar-refractivity contribution < 1.29 is 14.7 Å². The van der Waals surface area contributed by atoms with E-state index in [9.17, 15) is 4.79 Å². The lowest BCUT2D eigenvalue weighted by atomic mass is 10.0. The van der Waals surface area contributed by atoms with Crippen LogP contribution >= 0.6 is 0 Å². The molecule has 1 aromatic heterocycles. The van der Waals surface area contributed by atoms with E-state index < -0.39 is 6.10 Å². The molecule has 3 rings (SSSR count). The molecule has 0 saturated carbocycles. The topological polar surface area (TPSA) is 83.8 Å². The molecular formula is C19H21N3O3. The third-order valence-corrected chi connectivity index (χ3v) is 4.13. The van der Waals surface area contributed by atoms with Crippen LogP contribution in [0.4, 0.5) is 0 Å². The predicted octanol–water partition coefficient (Wildman–Crippen LogP) is 2.20. The first kappa shape index (κ1) is 17.1. The second-order valence-corrected chi connectivity index (χ2v) is 5.92. The van der Waals surface area contributed by atoms with Gasteiger partial charge in [-0.05, 0) is 30.5 Å². The molecule has 6 heteroatoms. The maximum atomic E-state index is 12.6.